The average Bonchev–Trinajstić information content (AvgIpc) is 3.19. The van der Waals surface area contributed by atoms with E-state index in [0.717, 1.165) is 32.5 Å². The van der Waals surface area contributed by atoms with E-state index in [1.54, 1.807) is 0 Å². The maximum Gasteiger partial charge on any atom is 0.234 e. The maximum absolute atomic E-state index is 12.2. The number of amides is 1. The Morgan fingerprint density at radius 2 is 1.91 bits per heavy atom. The van der Waals surface area contributed by atoms with Gasteiger partial charge in [-0.05, 0) is 58.2 Å². The molecule has 0 bridgehead atoms. The van der Waals surface area contributed by atoms with Gasteiger partial charge < -0.3 is 15.0 Å². The van der Waals surface area contributed by atoms with Gasteiger partial charge in [-0.25, -0.2) is 0 Å². The van der Waals surface area contributed by atoms with Crippen LogP contribution in [0, 0.1) is 0 Å². The number of hydrogen-bond acceptors (Lipinski definition) is 4. The van der Waals surface area contributed by atoms with Crippen molar-refractivity contribution in [2.75, 3.05) is 45.9 Å². The fourth-order valence-corrected chi connectivity index (χ4v) is 4.02. The van der Waals surface area contributed by atoms with E-state index in [-0.39, 0.29) is 12.0 Å². The van der Waals surface area contributed by atoms with Crippen molar-refractivity contribution in [2.45, 2.75) is 57.1 Å². The molecule has 3 aliphatic rings. The number of nitrogens with zero attached hydrogens (tertiary/aromatic N) is 2. The summed E-state index contributed by atoms with van der Waals surface area (Å²) in [5.41, 5.74) is 0. The van der Waals surface area contributed by atoms with Gasteiger partial charge in [0.1, 0.15) is 0 Å². The van der Waals surface area contributed by atoms with E-state index in [2.05, 4.69) is 15.1 Å². The summed E-state index contributed by atoms with van der Waals surface area (Å²) in [6, 6.07) is 0.576. The van der Waals surface area contributed by atoms with E-state index in [9.17, 15) is 4.79 Å². The Kier molecular flexibility index (Phi) is 6.10. The Morgan fingerprint density at radius 3 is 2.68 bits per heavy atom. The minimum Gasteiger partial charge on any atom is -0.376 e. The summed E-state index contributed by atoms with van der Waals surface area (Å²) in [6.07, 6.45) is 9.01. The first-order chi connectivity index (χ1) is 10.8. The van der Waals surface area contributed by atoms with Crippen molar-refractivity contribution in [3.05, 3.63) is 0 Å². The van der Waals surface area contributed by atoms with Crippen molar-refractivity contribution in [3.63, 3.8) is 0 Å². The Labute approximate surface area is 134 Å². The van der Waals surface area contributed by atoms with Gasteiger partial charge >= 0.3 is 0 Å². The van der Waals surface area contributed by atoms with Crippen molar-refractivity contribution in [3.8, 4) is 0 Å². The van der Waals surface area contributed by atoms with Crippen molar-refractivity contribution in [1.29, 1.82) is 0 Å². The molecule has 0 spiro atoms. The first-order valence-corrected chi connectivity index (χ1v) is 9.16. The van der Waals surface area contributed by atoms with E-state index < -0.39 is 0 Å². The number of ether oxygens (including phenoxy) is 1. The molecule has 3 aliphatic heterocycles. The Morgan fingerprint density at radius 1 is 1.05 bits per heavy atom. The van der Waals surface area contributed by atoms with Crippen LogP contribution in [0.2, 0.25) is 0 Å². The molecule has 5 heteroatoms. The van der Waals surface area contributed by atoms with Crippen LogP contribution in [0.5, 0.6) is 0 Å². The Hall–Kier alpha value is -0.650. The summed E-state index contributed by atoms with van der Waals surface area (Å²) >= 11 is 0. The van der Waals surface area contributed by atoms with Crippen molar-refractivity contribution in [1.82, 2.24) is 15.1 Å². The van der Waals surface area contributed by atoms with Crippen LogP contribution in [-0.4, -0.2) is 73.7 Å². The summed E-state index contributed by atoms with van der Waals surface area (Å²) in [6.45, 7) is 6.81. The van der Waals surface area contributed by atoms with E-state index in [0.29, 0.717) is 19.1 Å². The van der Waals surface area contributed by atoms with Crippen LogP contribution in [0.3, 0.4) is 0 Å². The van der Waals surface area contributed by atoms with Gasteiger partial charge in [-0.15, -0.1) is 0 Å². The van der Waals surface area contributed by atoms with Crippen LogP contribution in [-0.2, 0) is 9.53 Å². The van der Waals surface area contributed by atoms with Crippen LogP contribution in [0.15, 0.2) is 0 Å². The monoisotopic (exact) mass is 309 g/mol. The van der Waals surface area contributed by atoms with Crippen molar-refractivity contribution < 1.29 is 9.53 Å². The van der Waals surface area contributed by atoms with Crippen molar-refractivity contribution >= 4 is 5.91 Å². The smallest absolute Gasteiger partial charge is 0.234 e. The highest BCUT2D eigenvalue weighted by molar-refractivity contribution is 5.78. The molecule has 0 aromatic rings. The molecule has 2 unspecified atom stereocenters. The fourth-order valence-electron chi connectivity index (χ4n) is 4.02. The molecule has 3 fully saturated rings. The molecule has 1 N–H and O–H groups in total. The molecule has 0 aliphatic carbocycles. The topological polar surface area (TPSA) is 44.8 Å². The summed E-state index contributed by atoms with van der Waals surface area (Å²) < 4.78 is 5.56. The molecule has 0 aromatic carbocycles. The van der Waals surface area contributed by atoms with E-state index in [1.165, 1.54) is 45.2 Å². The van der Waals surface area contributed by atoms with Crippen LogP contribution in [0.4, 0.5) is 0 Å². The highest BCUT2D eigenvalue weighted by Gasteiger charge is 2.28. The van der Waals surface area contributed by atoms with Crippen LogP contribution in [0.25, 0.3) is 0 Å². The van der Waals surface area contributed by atoms with Gasteiger partial charge in [-0.1, -0.05) is 6.42 Å². The number of piperidine rings is 1. The van der Waals surface area contributed by atoms with Crippen LogP contribution >= 0.6 is 0 Å². The third-order valence-corrected chi connectivity index (χ3v) is 5.31. The highest BCUT2D eigenvalue weighted by Crippen LogP contribution is 2.20. The number of rotatable bonds is 6. The molecule has 0 aromatic heterocycles. The predicted octanol–water partition coefficient (Wildman–Crippen LogP) is 1.23. The SMILES string of the molecule is O=C(CN1CCCC1CN1CCCCC1)NCC1CCCO1. The van der Waals surface area contributed by atoms with E-state index >= 15 is 0 Å². The lowest BCUT2D eigenvalue weighted by Crippen LogP contribution is -2.46. The van der Waals surface area contributed by atoms with E-state index in [1.807, 2.05) is 0 Å². The molecule has 0 radical (unpaired) electrons. The first kappa shape index (κ1) is 16.2. The molecular weight excluding hydrogens is 278 g/mol. The molecule has 1 amide bonds. The second-order valence-corrected chi connectivity index (χ2v) is 7.07. The molecule has 22 heavy (non-hydrogen) atoms. The minimum atomic E-state index is 0.168. The van der Waals surface area contributed by atoms with Crippen LogP contribution in [0.1, 0.15) is 44.9 Å². The third-order valence-electron chi connectivity index (χ3n) is 5.31. The number of likely N-dealkylation sites (tertiary alicyclic amines) is 2. The minimum absolute atomic E-state index is 0.168. The van der Waals surface area contributed by atoms with Gasteiger partial charge in [0.05, 0.1) is 12.6 Å². The van der Waals surface area contributed by atoms with Crippen LogP contribution < -0.4 is 5.32 Å². The molecule has 5 nitrogen and oxygen atoms in total. The molecular formula is C17H31N3O2. The normalized spacial score (nSPS) is 30.7. The van der Waals surface area contributed by atoms with Crippen molar-refractivity contribution in [2.24, 2.45) is 0 Å². The number of nitrogens with one attached hydrogen (secondary N) is 1. The fraction of sp³-hybridized carbons (Fsp3) is 0.941. The predicted molar refractivity (Wildman–Crippen MR) is 86.9 cm³/mol. The van der Waals surface area contributed by atoms with E-state index in [4.69, 9.17) is 4.74 Å². The molecule has 3 heterocycles. The van der Waals surface area contributed by atoms with Gasteiger partial charge in [-0.2, -0.15) is 0 Å². The molecule has 2 atom stereocenters. The quantitative estimate of drug-likeness (QED) is 0.802. The number of hydrogen-bond donors (Lipinski definition) is 1. The highest BCUT2D eigenvalue weighted by atomic mass is 16.5. The first-order valence-electron chi connectivity index (χ1n) is 9.16. The Balaban J connectivity index is 1.38. The van der Waals surface area contributed by atoms with Gasteiger partial charge in [0.15, 0.2) is 0 Å². The van der Waals surface area contributed by atoms with Gasteiger partial charge in [0.2, 0.25) is 5.91 Å². The number of carbonyl (C=O) groups excluding carboxylic acids is 1. The second-order valence-electron chi connectivity index (χ2n) is 7.07. The largest absolute Gasteiger partial charge is 0.376 e. The van der Waals surface area contributed by atoms with Gasteiger partial charge in [0, 0.05) is 25.7 Å². The Bertz CT molecular complexity index is 352. The summed E-state index contributed by atoms with van der Waals surface area (Å²) in [7, 11) is 0. The lowest BCUT2D eigenvalue weighted by Gasteiger charge is -2.32. The zero-order valence-corrected chi connectivity index (χ0v) is 13.8. The zero-order valence-electron chi connectivity index (χ0n) is 13.8. The summed E-state index contributed by atoms with van der Waals surface area (Å²) in [4.78, 5) is 17.2. The summed E-state index contributed by atoms with van der Waals surface area (Å²) in [5.74, 6) is 0.168. The number of carbonyl (C=O) groups is 1. The van der Waals surface area contributed by atoms with Gasteiger partial charge in [0.25, 0.3) is 0 Å². The standard InChI is InChI=1S/C17H31N3O2/c21-17(18-12-16-7-5-11-22-16)14-20-10-4-6-15(20)13-19-8-2-1-3-9-19/h15-16H,1-14H2,(H,18,21). The lowest BCUT2D eigenvalue weighted by atomic mass is 10.1. The maximum atomic E-state index is 12.2. The lowest BCUT2D eigenvalue weighted by molar-refractivity contribution is -0.123. The third kappa shape index (κ3) is 4.67. The van der Waals surface area contributed by atoms with Gasteiger partial charge in [-0.3, -0.25) is 9.69 Å². The molecule has 126 valence electrons. The zero-order chi connectivity index (χ0) is 15.2. The molecule has 3 saturated heterocycles. The molecule has 3 rings (SSSR count). The second kappa shape index (κ2) is 8.27. The average molecular weight is 309 g/mol. The summed E-state index contributed by atoms with van der Waals surface area (Å²) in [5, 5.41) is 3.06. The molecule has 0 saturated carbocycles.